The van der Waals surface area contributed by atoms with E-state index in [1.807, 2.05) is 18.2 Å². The highest BCUT2D eigenvalue weighted by molar-refractivity contribution is 6.16. The summed E-state index contributed by atoms with van der Waals surface area (Å²) in [5, 5.41) is 0. The lowest BCUT2D eigenvalue weighted by Crippen LogP contribution is -2.05. The molecule has 1 heterocycles. The Morgan fingerprint density at radius 1 is 1.25 bits per heavy atom. The van der Waals surface area contributed by atoms with Crippen molar-refractivity contribution in [2.24, 2.45) is 0 Å². The molecule has 0 aliphatic heterocycles. The number of esters is 1. The first kappa shape index (κ1) is 14.3. The van der Waals surface area contributed by atoms with E-state index in [9.17, 15) is 4.79 Å². The number of carbonyl (C=O) groups excluding carboxylic acids is 1. The minimum Gasteiger partial charge on any atom is -0.495 e. The Morgan fingerprint density at radius 2 is 2.05 bits per heavy atom. The summed E-state index contributed by atoms with van der Waals surface area (Å²) in [6, 6.07) is 9.03. The van der Waals surface area contributed by atoms with Gasteiger partial charge in [-0.1, -0.05) is 18.2 Å². The number of ether oxygens (including phenoxy) is 2. The van der Waals surface area contributed by atoms with Crippen molar-refractivity contribution in [1.82, 2.24) is 4.98 Å². The molecule has 104 valence electrons. The molecule has 1 aromatic carbocycles. The number of rotatable bonds is 4. The predicted octanol–water partition coefficient (Wildman–Crippen LogP) is 3.28. The van der Waals surface area contributed by atoms with Crippen LogP contribution < -0.4 is 4.74 Å². The van der Waals surface area contributed by atoms with Gasteiger partial charge in [-0.25, -0.2) is 4.79 Å². The second-order valence-corrected chi connectivity index (χ2v) is 4.32. The molecule has 0 unspecified atom stereocenters. The molecule has 2 rings (SSSR count). The Labute approximate surface area is 122 Å². The molecule has 5 heteroatoms. The summed E-state index contributed by atoms with van der Waals surface area (Å²) >= 11 is 5.72. The Kier molecular flexibility index (Phi) is 4.58. The number of benzene rings is 1. The zero-order valence-corrected chi connectivity index (χ0v) is 12.0. The molecular weight excluding hydrogens is 278 g/mol. The highest BCUT2D eigenvalue weighted by Gasteiger charge is 2.17. The lowest BCUT2D eigenvalue weighted by molar-refractivity contribution is 0.0597. The number of pyridine rings is 1. The molecule has 1 aromatic heterocycles. The number of hydrogen-bond acceptors (Lipinski definition) is 4. The summed E-state index contributed by atoms with van der Waals surface area (Å²) < 4.78 is 10.1. The quantitative estimate of drug-likeness (QED) is 0.641. The summed E-state index contributed by atoms with van der Waals surface area (Å²) in [7, 11) is 2.86. The zero-order chi connectivity index (χ0) is 14.5. The summed E-state index contributed by atoms with van der Waals surface area (Å²) in [5.74, 6) is 0.397. The van der Waals surface area contributed by atoms with Crippen molar-refractivity contribution < 1.29 is 14.3 Å². The normalized spacial score (nSPS) is 10.2. The number of aromatic nitrogens is 1. The summed E-state index contributed by atoms with van der Waals surface area (Å²) in [5.41, 5.74) is 2.80. The van der Waals surface area contributed by atoms with E-state index >= 15 is 0 Å². The number of halogens is 1. The third kappa shape index (κ3) is 2.75. The summed E-state index contributed by atoms with van der Waals surface area (Å²) in [6.07, 6.45) is 1.70. The highest BCUT2D eigenvalue weighted by Crippen LogP contribution is 2.33. The van der Waals surface area contributed by atoms with Crippen molar-refractivity contribution in [1.29, 1.82) is 0 Å². The number of methoxy groups -OCH3 is 2. The standard InChI is InChI=1S/C15H14ClNO3/c1-19-14-12(4-3-5-13(14)15(18)20-2)10-6-7-11(8-16)17-9-10/h3-7,9H,8H2,1-2H3. The van der Waals surface area contributed by atoms with Crippen molar-refractivity contribution >= 4 is 17.6 Å². The first-order valence-electron chi connectivity index (χ1n) is 5.97. The fraction of sp³-hybridized carbons (Fsp3) is 0.200. The van der Waals surface area contributed by atoms with E-state index in [0.29, 0.717) is 17.2 Å². The van der Waals surface area contributed by atoms with Crippen LogP contribution in [0.15, 0.2) is 36.5 Å². The maximum Gasteiger partial charge on any atom is 0.341 e. The van der Waals surface area contributed by atoms with Gasteiger partial charge in [-0.3, -0.25) is 4.98 Å². The van der Waals surface area contributed by atoms with Crippen LogP contribution in [-0.4, -0.2) is 25.2 Å². The minimum absolute atomic E-state index is 0.361. The van der Waals surface area contributed by atoms with Crippen molar-refractivity contribution in [2.75, 3.05) is 14.2 Å². The SMILES string of the molecule is COC(=O)c1cccc(-c2ccc(CCl)nc2)c1OC. The van der Waals surface area contributed by atoms with Gasteiger partial charge in [0.15, 0.2) is 0 Å². The molecule has 0 bridgehead atoms. The fourth-order valence-electron chi connectivity index (χ4n) is 1.92. The Morgan fingerprint density at radius 3 is 2.60 bits per heavy atom. The summed E-state index contributed by atoms with van der Waals surface area (Å²) in [6.45, 7) is 0. The Hall–Kier alpha value is -2.07. The van der Waals surface area contributed by atoms with Crippen LogP contribution in [0.25, 0.3) is 11.1 Å². The molecule has 0 aliphatic rings. The number of para-hydroxylation sites is 1. The van der Waals surface area contributed by atoms with Crippen molar-refractivity contribution in [3.05, 3.63) is 47.8 Å². The second kappa shape index (κ2) is 6.39. The van der Waals surface area contributed by atoms with Crippen LogP contribution in [0.1, 0.15) is 16.1 Å². The predicted molar refractivity (Wildman–Crippen MR) is 77.1 cm³/mol. The second-order valence-electron chi connectivity index (χ2n) is 4.05. The van der Waals surface area contributed by atoms with Gasteiger partial charge in [0.2, 0.25) is 0 Å². The smallest absolute Gasteiger partial charge is 0.341 e. The number of nitrogens with zero attached hydrogens (tertiary/aromatic N) is 1. The van der Waals surface area contributed by atoms with E-state index in [1.165, 1.54) is 14.2 Å². The van der Waals surface area contributed by atoms with Crippen molar-refractivity contribution in [3.63, 3.8) is 0 Å². The van der Waals surface area contributed by atoms with Gasteiger partial charge in [-0.15, -0.1) is 11.6 Å². The van der Waals surface area contributed by atoms with Crippen LogP contribution in [0.3, 0.4) is 0 Å². The molecule has 0 amide bonds. The van der Waals surface area contributed by atoms with Gasteiger partial charge >= 0.3 is 5.97 Å². The van der Waals surface area contributed by atoms with Crippen LogP contribution in [-0.2, 0) is 10.6 Å². The van der Waals surface area contributed by atoms with Crippen LogP contribution >= 0.6 is 11.6 Å². The van der Waals surface area contributed by atoms with E-state index in [1.54, 1.807) is 18.3 Å². The van der Waals surface area contributed by atoms with Gasteiger partial charge in [0.1, 0.15) is 11.3 Å². The Balaban J connectivity index is 2.52. The average molecular weight is 292 g/mol. The van der Waals surface area contributed by atoms with E-state index < -0.39 is 5.97 Å². The van der Waals surface area contributed by atoms with Crippen molar-refractivity contribution in [2.45, 2.75) is 5.88 Å². The third-order valence-electron chi connectivity index (χ3n) is 2.90. The van der Waals surface area contributed by atoms with Gasteiger partial charge in [0.25, 0.3) is 0 Å². The number of carbonyl (C=O) groups is 1. The van der Waals surface area contributed by atoms with E-state index in [4.69, 9.17) is 21.1 Å². The zero-order valence-electron chi connectivity index (χ0n) is 11.2. The van der Waals surface area contributed by atoms with Gasteiger partial charge in [0, 0.05) is 17.3 Å². The topological polar surface area (TPSA) is 48.4 Å². The van der Waals surface area contributed by atoms with E-state index in [0.717, 1.165) is 16.8 Å². The molecule has 0 saturated carbocycles. The van der Waals surface area contributed by atoms with Gasteiger partial charge in [-0.05, 0) is 12.1 Å². The largest absolute Gasteiger partial charge is 0.495 e. The van der Waals surface area contributed by atoms with Crippen LogP contribution in [0, 0.1) is 0 Å². The molecule has 0 fully saturated rings. The van der Waals surface area contributed by atoms with E-state index in [-0.39, 0.29) is 0 Å². The lowest BCUT2D eigenvalue weighted by Gasteiger charge is -2.12. The molecule has 0 N–H and O–H groups in total. The van der Waals surface area contributed by atoms with Crippen molar-refractivity contribution in [3.8, 4) is 16.9 Å². The molecule has 0 spiro atoms. The average Bonchev–Trinajstić information content (AvgIpc) is 2.53. The van der Waals surface area contributed by atoms with E-state index in [2.05, 4.69) is 4.98 Å². The first-order chi connectivity index (χ1) is 9.71. The van der Waals surface area contributed by atoms with Crippen LogP contribution in [0.4, 0.5) is 0 Å². The minimum atomic E-state index is -0.436. The molecule has 0 saturated heterocycles. The monoisotopic (exact) mass is 291 g/mol. The number of alkyl halides is 1. The Bertz CT molecular complexity index is 611. The third-order valence-corrected chi connectivity index (χ3v) is 3.17. The van der Waals surface area contributed by atoms with Gasteiger partial charge in [0.05, 0.1) is 25.8 Å². The molecule has 2 aromatic rings. The maximum absolute atomic E-state index is 11.7. The molecule has 0 atom stereocenters. The van der Waals surface area contributed by atoms with Crippen LogP contribution in [0.5, 0.6) is 5.75 Å². The van der Waals surface area contributed by atoms with Crippen LogP contribution in [0.2, 0.25) is 0 Å². The molecule has 4 nitrogen and oxygen atoms in total. The molecule has 0 aliphatic carbocycles. The fourth-order valence-corrected chi connectivity index (χ4v) is 2.08. The van der Waals surface area contributed by atoms with Gasteiger partial charge in [-0.2, -0.15) is 0 Å². The molecular formula is C15H14ClNO3. The number of hydrogen-bond donors (Lipinski definition) is 0. The molecule has 0 radical (unpaired) electrons. The maximum atomic E-state index is 11.7. The summed E-state index contributed by atoms with van der Waals surface area (Å²) in [4.78, 5) is 16.0. The first-order valence-corrected chi connectivity index (χ1v) is 6.51. The lowest BCUT2D eigenvalue weighted by atomic mass is 10.0. The van der Waals surface area contributed by atoms with Gasteiger partial charge < -0.3 is 9.47 Å². The molecule has 20 heavy (non-hydrogen) atoms. The highest BCUT2D eigenvalue weighted by atomic mass is 35.5.